The van der Waals surface area contributed by atoms with Gasteiger partial charge in [-0.25, -0.2) is 0 Å². The average molecular weight is 249 g/mol. The minimum atomic E-state index is -0.419. The fourth-order valence-electron chi connectivity index (χ4n) is 2.24. The van der Waals surface area contributed by atoms with Gasteiger partial charge >= 0.3 is 0 Å². The van der Waals surface area contributed by atoms with Crippen molar-refractivity contribution in [2.75, 3.05) is 25.5 Å². The maximum absolute atomic E-state index is 11.4. The Morgan fingerprint density at radius 3 is 2.94 bits per heavy atom. The van der Waals surface area contributed by atoms with Crippen molar-refractivity contribution in [2.45, 2.75) is 19.1 Å². The zero-order chi connectivity index (χ0) is 13.1. The minimum Gasteiger partial charge on any atom is -0.378 e. The molecular formula is C13H19N3O2. The van der Waals surface area contributed by atoms with Crippen molar-refractivity contribution in [1.29, 1.82) is 0 Å². The zero-order valence-electron chi connectivity index (χ0n) is 10.7. The number of primary amides is 1. The SMILES string of the molecule is CO[C@H]1CNCC1Nc1cc(C)ccc1C(N)=O. The molecule has 1 aromatic carbocycles. The van der Waals surface area contributed by atoms with Crippen molar-refractivity contribution >= 4 is 11.6 Å². The van der Waals surface area contributed by atoms with Gasteiger partial charge in [-0.15, -0.1) is 0 Å². The van der Waals surface area contributed by atoms with Gasteiger partial charge in [0.25, 0.3) is 5.91 Å². The molecule has 0 bridgehead atoms. The van der Waals surface area contributed by atoms with Crippen molar-refractivity contribution in [2.24, 2.45) is 5.73 Å². The molecule has 1 unspecified atom stereocenters. The Hall–Kier alpha value is -1.59. The molecule has 0 spiro atoms. The predicted octanol–water partition coefficient (Wildman–Crippen LogP) is 0.493. The number of carbonyl (C=O) groups excluding carboxylic acids is 1. The zero-order valence-corrected chi connectivity index (χ0v) is 10.7. The minimum absolute atomic E-state index is 0.103. The lowest BCUT2D eigenvalue weighted by molar-refractivity contribution is 0.0999. The number of carbonyl (C=O) groups is 1. The number of nitrogens with two attached hydrogens (primary N) is 1. The highest BCUT2D eigenvalue weighted by Crippen LogP contribution is 2.20. The molecule has 18 heavy (non-hydrogen) atoms. The van der Waals surface area contributed by atoms with Crippen molar-refractivity contribution in [3.63, 3.8) is 0 Å². The second-order valence-corrected chi connectivity index (χ2v) is 4.60. The summed E-state index contributed by atoms with van der Waals surface area (Å²) >= 11 is 0. The highest BCUT2D eigenvalue weighted by Gasteiger charge is 2.27. The summed E-state index contributed by atoms with van der Waals surface area (Å²) in [5.74, 6) is -0.419. The van der Waals surface area contributed by atoms with E-state index in [1.807, 2.05) is 19.1 Å². The molecule has 1 saturated heterocycles. The summed E-state index contributed by atoms with van der Waals surface area (Å²) < 4.78 is 5.39. The molecule has 1 aliphatic heterocycles. The van der Waals surface area contributed by atoms with Crippen LogP contribution in [-0.2, 0) is 4.74 Å². The fraction of sp³-hybridized carbons (Fsp3) is 0.462. The lowest BCUT2D eigenvalue weighted by atomic mass is 10.1. The summed E-state index contributed by atoms with van der Waals surface area (Å²) in [6.45, 7) is 3.60. The highest BCUT2D eigenvalue weighted by molar-refractivity contribution is 5.98. The third-order valence-corrected chi connectivity index (χ3v) is 3.24. The highest BCUT2D eigenvalue weighted by atomic mass is 16.5. The van der Waals surface area contributed by atoms with Crippen LogP contribution in [0.4, 0.5) is 5.69 Å². The first-order valence-corrected chi connectivity index (χ1v) is 6.02. The van der Waals surface area contributed by atoms with Crippen molar-refractivity contribution in [1.82, 2.24) is 5.32 Å². The molecule has 0 saturated carbocycles. The van der Waals surface area contributed by atoms with E-state index in [9.17, 15) is 4.79 Å². The quantitative estimate of drug-likeness (QED) is 0.726. The molecule has 1 aliphatic rings. The normalized spacial score (nSPS) is 23.0. The van der Waals surface area contributed by atoms with Crippen LogP contribution in [-0.4, -0.2) is 38.3 Å². The molecule has 0 radical (unpaired) electrons. The van der Waals surface area contributed by atoms with Gasteiger partial charge in [0.15, 0.2) is 0 Å². The Labute approximate surface area is 107 Å². The van der Waals surface area contributed by atoms with E-state index in [1.54, 1.807) is 13.2 Å². The Balaban J connectivity index is 2.22. The fourth-order valence-corrected chi connectivity index (χ4v) is 2.24. The van der Waals surface area contributed by atoms with Gasteiger partial charge in [0.2, 0.25) is 0 Å². The van der Waals surface area contributed by atoms with Crippen molar-refractivity contribution in [3.8, 4) is 0 Å². The summed E-state index contributed by atoms with van der Waals surface area (Å²) in [5, 5.41) is 6.60. The van der Waals surface area contributed by atoms with Gasteiger partial charge in [-0.2, -0.15) is 0 Å². The van der Waals surface area contributed by atoms with E-state index in [-0.39, 0.29) is 12.1 Å². The van der Waals surface area contributed by atoms with Crippen LogP contribution in [0.15, 0.2) is 18.2 Å². The van der Waals surface area contributed by atoms with Gasteiger partial charge in [-0.3, -0.25) is 4.79 Å². The van der Waals surface area contributed by atoms with Crippen LogP contribution in [0, 0.1) is 6.92 Å². The number of amides is 1. The maximum atomic E-state index is 11.4. The van der Waals surface area contributed by atoms with Crippen LogP contribution < -0.4 is 16.4 Å². The number of anilines is 1. The van der Waals surface area contributed by atoms with Crippen molar-refractivity contribution in [3.05, 3.63) is 29.3 Å². The monoisotopic (exact) mass is 249 g/mol. The van der Waals surface area contributed by atoms with E-state index in [4.69, 9.17) is 10.5 Å². The van der Waals surface area contributed by atoms with E-state index in [2.05, 4.69) is 10.6 Å². The Morgan fingerprint density at radius 2 is 2.28 bits per heavy atom. The molecule has 2 rings (SSSR count). The topological polar surface area (TPSA) is 76.4 Å². The third kappa shape index (κ3) is 2.63. The molecule has 2 atom stereocenters. The van der Waals surface area contributed by atoms with Crippen LogP contribution in [0.3, 0.4) is 0 Å². The molecule has 4 N–H and O–H groups in total. The number of rotatable bonds is 4. The van der Waals surface area contributed by atoms with E-state index >= 15 is 0 Å². The largest absolute Gasteiger partial charge is 0.378 e. The number of hydrogen-bond acceptors (Lipinski definition) is 4. The first kappa shape index (κ1) is 12.9. The Bertz CT molecular complexity index is 448. The number of ether oxygens (including phenoxy) is 1. The van der Waals surface area contributed by atoms with Crippen LogP contribution >= 0.6 is 0 Å². The lowest BCUT2D eigenvalue weighted by Crippen LogP contribution is -2.34. The molecule has 0 aromatic heterocycles. The summed E-state index contributed by atoms with van der Waals surface area (Å²) in [7, 11) is 1.69. The molecular weight excluding hydrogens is 230 g/mol. The predicted molar refractivity (Wildman–Crippen MR) is 70.8 cm³/mol. The third-order valence-electron chi connectivity index (χ3n) is 3.24. The van der Waals surface area contributed by atoms with E-state index < -0.39 is 5.91 Å². The van der Waals surface area contributed by atoms with E-state index in [0.717, 1.165) is 24.3 Å². The number of aryl methyl sites for hydroxylation is 1. The summed E-state index contributed by atoms with van der Waals surface area (Å²) in [4.78, 5) is 11.4. The Kier molecular flexibility index (Phi) is 3.84. The molecule has 1 fully saturated rings. The summed E-state index contributed by atoms with van der Waals surface area (Å²) in [6.07, 6.45) is 0.103. The molecule has 5 heteroatoms. The number of hydrogen-bond donors (Lipinski definition) is 3. The molecule has 1 amide bonds. The average Bonchev–Trinajstić information content (AvgIpc) is 2.76. The molecule has 5 nitrogen and oxygen atoms in total. The van der Waals surface area contributed by atoms with Crippen LogP contribution in [0.25, 0.3) is 0 Å². The first-order valence-electron chi connectivity index (χ1n) is 6.02. The second kappa shape index (κ2) is 5.37. The summed E-state index contributed by atoms with van der Waals surface area (Å²) in [6, 6.07) is 5.72. The summed E-state index contributed by atoms with van der Waals surface area (Å²) in [5.41, 5.74) is 7.76. The van der Waals surface area contributed by atoms with Gasteiger partial charge < -0.3 is 21.1 Å². The number of benzene rings is 1. The molecule has 0 aliphatic carbocycles. The molecule has 1 heterocycles. The van der Waals surface area contributed by atoms with Crippen molar-refractivity contribution < 1.29 is 9.53 Å². The maximum Gasteiger partial charge on any atom is 0.250 e. The smallest absolute Gasteiger partial charge is 0.250 e. The second-order valence-electron chi connectivity index (χ2n) is 4.60. The van der Waals surface area contributed by atoms with Gasteiger partial charge in [0.1, 0.15) is 0 Å². The van der Waals surface area contributed by atoms with Crippen LogP contribution in [0.2, 0.25) is 0 Å². The first-order chi connectivity index (χ1) is 8.61. The van der Waals surface area contributed by atoms with Gasteiger partial charge in [-0.1, -0.05) is 6.07 Å². The van der Waals surface area contributed by atoms with Crippen LogP contribution in [0.1, 0.15) is 15.9 Å². The number of nitrogens with one attached hydrogen (secondary N) is 2. The Morgan fingerprint density at radius 1 is 1.50 bits per heavy atom. The number of methoxy groups -OCH3 is 1. The van der Waals surface area contributed by atoms with E-state index in [1.165, 1.54) is 0 Å². The van der Waals surface area contributed by atoms with Crippen LogP contribution in [0.5, 0.6) is 0 Å². The van der Waals surface area contributed by atoms with Gasteiger partial charge in [0, 0.05) is 25.9 Å². The standard InChI is InChI=1S/C13H19N3O2/c1-8-3-4-9(13(14)17)10(5-8)16-11-6-15-7-12(11)18-2/h3-5,11-12,15-16H,6-7H2,1-2H3,(H2,14,17)/t11?,12-/m0/s1. The van der Waals surface area contributed by atoms with Gasteiger partial charge in [0.05, 0.1) is 17.7 Å². The lowest BCUT2D eigenvalue weighted by Gasteiger charge is -2.21. The van der Waals surface area contributed by atoms with E-state index in [0.29, 0.717) is 5.56 Å². The molecule has 1 aromatic rings. The van der Waals surface area contributed by atoms with Gasteiger partial charge in [-0.05, 0) is 24.6 Å². The molecule has 98 valence electrons.